The normalized spacial score (nSPS) is 10.4. The minimum Gasteiger partial charge on any atom is -0.360 e. The van der Waals surface area contributed by atoms with Gasteiger partial charge >= 0.3 is 5.69 Å². The van der Waals surface area contributed by atoms with Crippen LogP contribution in [0.4, 0.5) is 27.4 Å². The molecule has 8 heteroatoms. The highest BCUT2D eigenvalue weighted by Gasteiger charge is 2.23. The van der Waals surface area contributed by atoms with E-state index in [0.29, 0.717) is 5.69 Å². The first-order valence-corrected chi connectivity index (χ1v) is 7.84. The molecule has 0 radical (unpaired) electrons. The Kier molecular flexibility index (Phi) is 5.02. The van der Waals surface area contributed by atoms with Crippen molar-refractivity contribution in [3.8, 4) is 0 Å². The van der Waals surface area contributed by atoms with Gasteiger partial charge < -0.3 is 10.6 Å². The fourth-order valence-corrected chi connectivity index (χ4v) is 2.33. The van der Waals surface area contributed by atoms with Crippen LogP contribution in [-0.4, -0.2) is 14.9 Å². The van der Waals surface area contributed by atoms with E-state index in [1.807, 2.05) is 31.2 Å². The van der Waals surface area contributed by atoms with Gasteiger partial charge in [-0.1, -0.05) is 29.8 Å². The smallest absolute Gasteiger partial charge is 0.353 e. The van der Waals surface area contributed by atoms with E-state index in [9.17, 15) is 14.5 Å². The number of nitrogens with zero attached hydrogens (tertiary/aromatic N) is 3. The molecule has 3 rings (SSSR count). The summed E-state index contributed by atoms with van der Waals surface area (Å²) in [4.78, 5) is 19.0. The number of aromatic nitrogens is 2. The molecule has 0 amide bonds. The molecule has 132 valence electrons. The van der Waals surface area contributed by atoms with Crippen molar-refractivity contribution in [3.63, 3.8) is 0 Å². The average molecular weight is 353 g/mol. The number of aryl methyl sites for hydroxylation is 1. The van der Waals surface area contributed by atoms with Crippen LogP contribution >= 0.6 is 0 Å². The number of hydrogen-bond acceptors (Lipinski definition) is 6. The highest BCUT2D eigenvalue weighted by molar-refractivity contribution is 5.73. The summed E-state index contributed by atoms with van der Waals surface area (Å²) >= 11 is 0. The van der Waals surface area contributed by atoms with E-state index in [2.05, 4.69) is 20.6 Å². The lowest BCUT2D eigenvalue weighted by molar-refractivity contribution is -0.383. The summed E-state index contributed by atoms with van der Waals surface area (Å²) < 4.78 is 13.0. The van der Waals surface area contributed by atoms with Crippen LogP contribution in [0.5, 0.6) is 0 Å². The summed E-state index contributed by atoms with van der Waals surface area (Å²) in [5.41, 5.74) is 2.28. The lowest BCUT2D eigenvalue weighted by Crippen LogP contribution is -2.08. The number of benzene rings is 2. The van der Waals surface area contributed by atoms with Gasteiger partial charge in [-0.05, 0) is 36.8 Å². The van der Waals surface area contributed by atoms with Crippen LogP contribution in [0.1, 0.15) is 11.1 Å². The molecule has 0 saturated heterocycles. The van der Waals surface area contributed by atoms with Crippen molar-refractivity contribution in [2.75, 3.05) is 10.6 Å². The van der Waals surface area contributed by atoms with E-state index in [0.717, 1.165) is 11.1 Å². The second-order valence-electron chi connectivity index (χ2n) is 5.65. The molecule has 2 aromatic carbocycles. The summed E-state index contributed by atoms with van der Waals surface area (Å²) in [5.74, 6) is -0.161. The SMILES string of the molecule is Cc1ccc(Nc2ncnc(NCc3ccc(F)cc3)c2[N+](=O)[O-])cc1. The summed E-state index contributed by atoms with van der Waals surface area (Å²) in [7, 11) is 0. The van der Waals surface area contributed by atoms with E-state index in [1.54, 1.807) is 12.1 Å². The van der Waals surface area contributed by atoms with Crippen LogP contribution < -0.4 is 10.6 Å². The lowest BCUT2D eigenvalue weighted by Gasteiger charge is -2.10. The maximum atomic E-state index is 13.0. The molecule has 0 spiro atoms. The Morgan fingerprint density at radius 1 is 1.04 bits per heavy atom. The van der Waals surface area contributed by atoms with E-state index >= 15 is 0 Å². The van der Waals surface area contributed by atoms with Crippen LogP contribution in [0.2, 0.25) is 0 Å². The summed E-state index contributed by atoms with van der Waals surface area (Å²) in [6.07, 6.45) is 1.25. The first-order chi connectivity index (χ1) is 12.5. The fraction of sp³-hybridized carbons (Fsp3) is 0.111. The highest BCUT2D eigenvalue weighted by atomic mass is 19.1. The first-order valence-electron chi connectivity index (χ1n) is 7.84. The Hall–Kier alpha value is -3.55. The van der Waals surface area contributed by atoms with Gasteiger partial charge in [0, 0.05) is 12.2 Å². The Labute approximate surface area is 149 Å². The molecule has 0 saturated carbocycles. The molecular weight excluding hydrogens is 337 g/mol. The molecule has 0 aliphatic heterocycles. The van der Waals surface area contributed by atoms with Gasteiger partial charge in [0.25, 0.3) is 0 Å². The molecular formula is C18H16FN5O2. The topological polar surface area (TPSA) is 93.0 Å². The van der Waals surface area contributed by atoms with Crippen molar-refractivity contribution in [1.82, 2.24) is 9.97 Å². The molecule has 1 heterocycles. The molecule has 0 aliphatic carbocycles. The zero-order valence-electron chi connectivity index (χ0n) is 13.9. The predicted octanol–water partition coefficient (Wildman–Crippen LogP) is 4.19. The van der Waals surface area contributed by atoms with Crippen molar-refractivity contribution in [2.24, 2.45) is 0 Å². The molecule has 0 fully saturated rings. The third-order valence-electron chi connectivity index (χ3n) is 3.69. The van der Waals surface area contributed by atoms with Crippen molar-refractivity contribution in [1.29, 1.82) is 0 Å². The monoisotopic (exact) mass is 353 g/mol. The Bertz CT molecular complexity index is 914. The van der Waals surface area contributed by atoms with Gasteiger partial charge in [0.2, 0.25) is 11.6 Å². The summed E-state index contributed by atoms with van der Waals surface area (Å²) in [6.45, 7) is 2.22. The number of hydrogen-bond donors (Lipinski definition) is 2. The van der Waals surface area contributed by atoms with Gasteiger partial charge in [-0.15, -0.1) is 0 Å². The van der Waals surface area contributed by atoms with Gasteiger partial charge in [0.15, 0.2) is 0 Å². The molecule has 0 aliphatic rings. The van der Waals surface area contributed by atoms with Crippen LogP contribution in [0.25, 0.3) is 0 Å². The number of anilines is 3. The van der Waals surface area contributed by atoms with Crippen LogP contribution in [-0.2, 0) is 6.54 Å². The minimum absolute atomic E-state index is 0.0870. The zero-order chi connectivity index (χ0) is 18.5. The van der Waals surface area contributed by atoms with Crippen molar-refractivity contribution < 1.29 is 9.31 Å². The fourth-order valence-electron chi connectivity index (χ4n) is 2.33. The van der Waals surface area contributed by atoms with Crippen molar-refractivity contribution in [2.45, 2.75) is 13.5 Å². The van der Waals surface area contributed by atoms with Crippen molar-refractivity contribution in [3.05, 3.63) is 81.9 Å². The molecule has 2 N–H and O–H groups in total. The average Bonchev–Trinajstić information content (AvgIpc) is 2.63. The molecule has 1 aromatic heterocycles. The molecule has 3 aromatic rings. The maximum Gasteiger partial charge on any atom is 0.353 e. The van der Waals surface area contributed by atoms with Crippen LogP contribution in [0.15, 0.2) is 54.9 Å². The Balaban J connectivity index is 1.84. The van der Waals surface area contributed by atoms with Gasteiger partial charge in [-0.2, -0.15) is 0 Å². The Morgan fingerprint density at radius 3 is 2.35 bits per heavy atom. The predicted molar refractivity (Wildman–Crippen MR) is 96.9 cm³/mol. The van der Waals surface area contributed by atoms with Gasteiger partial charge in [0.1, 0.15) is 12.1 Å². The molecule has 7 nitrogen and oxygen atoms in total. The summed E-state index contributed by atoms with van der Waals surface area (Å²) in [6, 6.07) is 13.3. The van der Waals surface area contributed by atoms with Crippen LogP contribution in [0.3, 0.4) is 0 Å². The largest absolute Gasteiger partial charge is 0.360 e. The lowest BCUT2D eigenvalue weighted by atomic mass is 10.2. The second-order valence-corrected chi connectivity index (χ2v) is 5.65. The summed E-state index contributed by atoms with van der Waals surface area (Å²) in [5, 5.41) is 17.4. The van der Waals surface area contributed by atoms with E-state index < -0.39 is 4.92 Å². The number of rotatable bonds is 6. The minimum atomic E-state index is -0.538. The van der Waals surface area contributed by atoms with E-state index in [-0.39, 0.29) is 29.7 Å². The molecule has 26 heavy (non-hydrogen) atoms. The number of nitro groups is 1. The quantitative estimate of drug-likeness (QED) is 0.510. The standard InChI is InChI=1S/C18H16FN5O2/c1-12-2-8-15(9-3-12)23-18-16(24(25)26)17(21-11-22-18)20-10-13-4-6-14(19)7-5-13/h2-9,11H,10H2,1H3,(H2,20,21,22,23). The molecule has 0 unspecified atom stereocenters. The third-order valence-corrected chi connectivity index (χ3v) is 3.69. The van der Waals surface area contributed by atoms with Gasteiger partial charge in [-0.3, -0.25) is 10.1 Å². The zero-order valence-corrected chi connectivity index (χ0v) is 13.9. The third kappa shape index (κ3) is 4.10. The van der Waals surface area contributed by atoms with Gasteiger partial charge in [-0.25, -0.2) is 14.4 Å². The highest BCUT2D eigenvalue weighted by Crippen LogP contribution is 2.31. The van der Waals surface area contributed by atoms with Gasteiger partial charge in [0.05, 0.1) is 4.92 Å². The number of halogens is 1. The van der Waals surface area contributed by atoms with Crippen molar-refractivity contribution >= 4 is 23.0 Å². The number of nitrogens with one attached hydrogen (secondary N) is 2. The van der Waals surface area contributed by atoms with Crippen LogP contribution in [0, 0.1) is 22.9 Å². The second kappa shape index (κ2) is 7.56. The van der Waals surface area contributed by atoms with E-state index in [4.69, 9.17) is 0 Å². The van der Waals surface area contributed by atoms with E-state index in [1.165, 1.54) is 18.5 Å². The Morgan fingerprint density at radius 2 is 1.69 bits per heavy atom. The molecule has 0 bridgehead atoms. The first kappa shape index (κ1) is 17.3. The maximum absolute atomic E-state index is 13.0. The molecule has 0 atom stereocenters.